The lowest BCUT2D eigenvalue weighted by Crippen LogP contribution is -2.37. The third-order valence-corrected chi connectivity index (χ3v) is 2.70. The zero-order valence-corrected chi connectivity index (χ0v) is 12.4. The molecular formula is C14H24N4O. The van der Waals surface area contributed by atoms with Crippen LogP contribution in [-0.4, -0.2) is 37.1 Å². The van der Waals surface area contributed by atoms with Gasteiger partial charge in [0.2, 0.25) is 5.91 Å². The molecule has 0 saturated heterocycles. The summed E-state index contributed by atoms with van der Waals surface area (Å²) >= 11 is 0. The monoisotopic (exact) mass is 264 g/mol. The molecule has 1 aromatic heterocycles. The summed E-state index contributed by atoms with van der Waals surface area (Å²) in [4.78, 5) is 17.7. The maximum Gasteiger partial charge on any atom is 0.239 e. The Kier molecular flexibility index (Phi) is 5.30. The summed E-state index contributed by atoms with van der Waals surface area (Å²) in [6.45, 7) is 7.40. The van der Waals surface area contributed by atoms with Crippen LogP contribution in [0.4, 0.5) is 5.82 Å². The lowest BCUT2D eigenvalue weighted by molar-refractivity contribution is -0.119. The van der Waals surface area contributed by atoms with Gasteiger partial charge in [-0.05, 0) is 26.8 Å². The number of nitrogens with zero attached hydrogens (tertiary/aromatic N) is 2. The van der Waals surface area contributed by atoms with Crippen molar-refractivity contribution in [3.05, 3.63) is 23.9 Å². The third kappa shape index (κ3) is 5.26. The van der Waals surface area contributed by atoms with Crippen LogP contribution in [0.25, 0.3) is 0 Å². The van der Waals surface area contributed by atoms with Gasteiger partial charge in [0.1, 0.15) is 5.82 Å². The Balaban J connectivity index is 2.80. The molecule has 0 aromatic carbocycles. The quantitative estimate of drug-likeness (QED) is 0.837. The molecule has 1 rings (SSSR count). The summed E-state index contributed by atoms with van der Waals surface area (Å²) in [5, 5.41) is 6.05. The van der Waals surface area contributed by atoms with Crippen molar-refractivity contribution in [2.45, 2.75) is 32.9 Å². The molecule has 19 heavy (non-hydrogen) atoms. The van der Waals surface area contributed by atoms with Gasteiger partial charge in [-0.15, -0.1) is 0 Å². The molecule has 0 atom stereocenters. The molecule has 0 fully saturated rings. The highest BCUT2D eigenvalue weighted by Gasteiger charge is 2.14. The number of likely N-dealkylation sites (N-methyl/N-ethyl adjacent to an activating group) is 2. The van der Waals surface area contributed by atoms with Gasteiger partial charge >= 0.3 is 0 Å². The number of carbonyl (C=O) groups excluding carboxylic acids is 1. The molecule has 0 radical (unpaired) electrons. The first-order chi connectivity index (χ1) is 8.83. The predicted molar refractivity (Wildman–Crippen MR) is 78.2 cm³/mol. The van der Waals surface area contributed by atoms with E-state index in [0.717, 1.165) is 17.9 Å². The highest BCUT2D eigenvalue weighted by atomic mass is 16.1. The minimum absolute atomic E-state index is 0.0251. The van der Waals surface area contributed by atoms with Gasteiger partial charge in [-0.25, -0.2) is 4.98 Å². The molecular weight excluding hydrogens is 240 g/mol. The second-order valence-electron chi connectivity index (χ2n) is 5.62. The van der Waals surface area contributed by atoms with Gasteiger partial charge in [-0.1, -0.05) is 6.07 Å². The van der Waals surface area contributed by atoms with E-state index in [0.29, 0.717) is 6.54 Å². The minimum atomic E-state index is -0.0251. The number of aromatic nitrogens is 1. The van der Waals surface area contributed by atoms with Gasteiger partial charge in [0.15, 0.2) is 0 Å². The van der Waals surface area contributed by atoms with Crippen LogP contribution in [0.1, 0.15) is 26.3 Å². The van der Waals surface area contributed by atoms with Gasteiger partial charge in [0.05, 0.1) is 6.54 Å². The first kappa shape index (κ1) is 15.4. The van der Waals surface area contributed by atoms with Crippen molar-refractivity contribution in [3.8, 4) is 0 Å². The van der Waals surface area contributed by atoms with Crippen LogP contribution in [0.2, 0.25) is 0 Å². The largest absolute Gasteiger partial charge is 0.358 e. The molecule has 0 unspecified atom stereocenters. The van der Waals surface area contributed by atoms with Crippen molar-refractivity contribution in [2.75, 3.05) is 25.5 Å². The molecule has 0 aliphatic carbocycles. The summed E-state index contributed by atoms with van der Waals surface area (Å²) in [5.41, 5.74) is 1.13. The smallest absolute Gasteiger partial charge is 0.239 e. The van der Waals surface area contributed by atoms with Crippen molar-refractivity contribution in [1.82, 2.24) is 15.6 Å². The molecule has 0 saturated carbocycles. The number of anilines is 1. The highest BCUT2D eigenvalue weighted by molar-refractivity contribution is 5.80. The topological polar surface area (TPSA) is 57.3 Å². The minimum Gasteiger partial charge on any atom is -0.358 e. The first-order valence-electron chi connectivity index (χ1n) is 6.44. The number of rotatable bonds is 5. The Morgan fingerprint density at radius 2 is 2.11 bits per heavy atom. The van der Waals surface area contributed by atoms with Gasteiger partial charge in [0.25, 0.3) is 0 Å². The molecule has 5 heteroatoms. The molecule has 1 aromatic rings. The maximum absolute atomic E-state index is 11.4. The van der Waals surface area contributed by atoms with Gasteiger partial charge in [-0.2, -0.15) is 0 Å². The fraction of sp³-hybridized carbons (Fsp3) is 0.571. The summed E-state index contributed by atoms with van der Waals surface area (Å²) in [6.07, 6.45) is 1.75. The normalized spacial score (nSPS) is 11.2. The van der Waals surface area contributed by atoms with E-state index in [4.69, 9.17) is 0 Å². The third-order valence-electron chi connectivity index (χ3n) is 2.70. The molecule has 0 aliphatic heterocycles. The Hall–Kier alpha value is -1.62. The van der Waals surface area contributed by atoms with Gasteiger partial charge in [0, 0.05) is 37.9 Å². The molecule has 1 amide bonds. The second-order valence-corrected chi connectivity index (χ2v) is 5.62. The van der Waals surface area contributed by atoms with Gasteiger partial charge < -0.3 is 15.5 Å². The lowest BCUT2D eigenvalue weighted by Gasteiger charge is -2.24. The molecule has 0 spiro atoms. The first-order valence-corrected chi connectivity index (χ1v) is 6.44. The summed E-state index contributed by atoms with van der Waals surface area (Å²) in [7, 11) is 3.51. The predicted octanol–water partition coefficient (Wildman–Crippen LogP) is 1.15. The number of pyridine rings is 1. The molecule has 1 heterocycles. The van der Waals surface area contributed by atoms with E-state index in [9.17, 15) is 4.79 Å². The van der Waals surface area contributed by atoms with Crippen molar-refractivity contribution in [2.24, 2.45) is 0 Å². The second kappa shape index (κ2) is 6.52. The van der Waals surface area contributed by atoms with Crippen LogP contribution in [0.5, 0.6) is 0 Å². The van der Waals surface area contributed by atoms with Crippen molar-refractivity contribution >= 4 is 11.7 Å². The fourth-order valence-corrected chi connectivity index (χ4v) is 1.64. The molecule has 0 aliphatic rings. The number of amides is 1. The van der Waals surface area contributed by atoms with E-state index >= 15 is 0 Å². The van der Waals surface area contributed by atoms with Gasteiger partial charge in [-0.3, -0.25) is 4.79 Å². The van der Waals surface area contributed by atoms with Crippen molar-refractivity contribution < 1.29 is 4.79 Å². The SMILES string of the molecule is CNC(=O)CN(C)c1ncccc1CNC(C)(C)C. The average molecular weight is 264 g/mol. The fourth-order valence-electron chi connectivity index (χ4n) is 1.64. The Bertz CT molecular complexity index is 426. The van der Waals surface area contributed by atoms with Crippen LogP contribution in [0, 0.1) is 0 Å². The molecule has 2 N–H and O–H groups in total. The van der Waals surface area contributed by atoms with Crippen molar-refractivity contribution in [1.29, 1.82) is 0 Å². The van der Waals surface area contributed by atoms with Crippen molar-refractivity contribution in [3.63, 3.8) is 0 Å². The van der Waals surface area contributed by atoms with Crippen LogP contribution in [0.3, 0.4) is 0 Å². The van der Waals surface area contributed by atoms with Crippen LogP contribution in [-0.2, 0) is 11.3 Å². The van der Waals surface area contributed by atoms with Crippen LogP contribution < -0.4 is 15.5 Å². The zero-order chi connectivity index (χ0) is 14.5. The maximum atomic E-state index is 11.4. The van der Waals surface area contributed by atoms with E-state index in [1.165, 1.54) is 0 Å². The number of nitrogens with one attached hydrogen (secondary N) is 2. The lowest BCUT2D eigenvalue weighted by atomic mass is 10.1. The molecule has 5 nitrogen and oxygen atoms in total. The van der Waals surface area contributed by atoms with E-state index in [1.807, 2.05) is 24.1 Å². The van der Waals surface area contributed by atoms with E-state index < -0.39 is 0 Å². The number of hydrogen-bond donors (Lipinski definition) is 2. The van der Waals surface area contributed by atoms with E-state index in [2.05, 4.69) is 36.4 Å². The molecule has 106 valence electrons. The summed E-state index contributed by atoms with van der Waals surface area (Å²) in [5.74, 6) is 0.811. The zero-order valence-electron chi connectivity index (χ0n) is 12.4. The van der Waals surface area contributed by atoms with Crippen LogP contribution in [0.15, 0.2) is 18.3 Å². The van der Waals surface area contributed by atoms with E-state index in [-0.39, 0.29) is 11.4 Å². The Labute approximate surface area is 115 Å². The number of hydrogen-bond acceptors (Lipinski definition) is 4. The Morgan fingerprint density at radius 3 is 2.68 bits per heavy atom. The molecule has 0 bridgehead atoms. The summed E-state index contributed by atoms with van der Waals surface area (Å²) in [6, 6.07) is 3.94. The Morgan fingerprint density at radius 1 is 1.42 bits per heavy atom. The average Bonchev–Trinajstić information content (AvgIpc) is 2.35. The van der Waals surface area contributed by atoms with E-state index in [1.54, 1.807) is 13.2 Å². The standard InChI is InChI=1S/C14H24N4O/c1-14(2,3)17-9-11-7-6-8-16-13(11)18(5)10-12(19)15-4/h6-8,17H,9-10H2,1-5H3,(H,15,19). The van der Waals surface area contributed by atoms with Crippen LogP contribution >= 0.6 is 0 Å². The summed E-state index contributed by atoms with van der Waals surface area (Å²) < 4.78 is 0. The number of carbonyl (C=O) groups is 1. The highest BCUT2D eigenvalue weighted by Crippen LogP contribution is 2.16.